The minimum atomic E-state index is -0.293. The summed E-state index contributed by atoms with van der Waals surface area (Å²) >= 11 is 1.47. The number of hydrogen-bond acceptors (Lipinski definition) is 6. The van der Waals surface area contributed by atoms with Gasteiger partial charge >= 0.3 is 5.97 Å². The predicted octanol–water partition coefficient (Wildman–Crippen LogP) is 4.91. The fraction of sp³-hybridized carbons (Fsp3) is 0.462. The van der Waals surface area contributed by atoms with Gasteiger partial charge in [-0.1, -0.05) is 0 Å². The lowest BCUT2D eigenvalue weighted by atomic mass is 9.97. The number of amides is 1. The molecular weight excluding hydrogens is 467 g/mol. The van der Waals surface area contributed by atoms with Crippen LogP contribution in [0.1, 0.15) is 46.2 Å². The van der Waals surface area contributed by atoms with Crippen LogP contribution >= 0.6 is 11.3 Å². The Bertz CT molecular complexity index is 1190. The molecule has 3 heterocycles. The average molecular weight is 499 g/mol. The van der Waals surface area contributed by atoms with E-state index < -0.39 is 0 Å². The largest absolute Gasteiger partial charge is 0.466 e. The molecule has 9 heteroatoms. The number of thiazole rings is 1. The van der Waals surface area contributed by atoms with Crippen molar-refractivity contribution in [3.05, 3.63) is 47.4 Å². The molecule has 0 bridgehead atoms. The second-order valence-corrected chi connectivity index (χ2v) is 10.6. The first-order valence-corrected chi connectivity index (χ1v) is 12.8. The van der Waals surface area contributed by atoms with Gasteiger partial charge in [0.15, 0.2) is 0 Å². The Labute approximate surface area is 208 Å². The molecule has 0 atom stereocenters. The molecule has 1 aromatic carbocycles. The number of halogens is 1. The smallest absolute Gasteiger partial charge is 0.309 e. The number of aromatic nitrogens is 3. The second-order valence-electron chi connectivity index (χ2n) is 9.72. The van der Waals surface area contributed by atoms with Crippen LogP contribution in [0.5, 0.6) is 0 Å². The lowest BCUT2D eigenvalue weighted by molar-refractivity contribution is -0.151. The number of carbonyl (C=O) groups is 2. The van der Waals surface area contributed by atoms with Gasteiger partial charge in [-0.05, 0) is 64.8 Å². The summed E-state index contributed by atoms with van der Waals surface area (Å²) in [6.45, 7) is 9.46. The molecule has 1 saturated heterocycles. The van der Waals surface area contributed by atoms with E-state index in [1.807, 2.05) is 10.1 Å². The molecule has 0 radical (unpaired) electrons. The van der Waals surface area contributed by atoms with Crippen molar-refractivity contribution in [1.29, 1.82) is 0 Å². The van der Waals surface area contributed by atoms with E-state index in [4.69, 9.17) is 9.72 Å². The van der Waals surface area contributed by atoms with Gasteiger partial charge in [-0.15, -0.1) is 11.3 Å². The van der Waals surface area contributed by atoms with Gasteiger partial charge in [0.1, 0.15) is 10.8 Å². The van der Waals surface area contributed by atoms with E-state index >= 15 is 0 Å². The zero-order valence-electron chi connectivity index (χ0n) is 20.6. The summed E-state index contributed by atoms with van der Waals surface area (Å²) in [5.41, 5.74) is 2.99. The summed E-state index contributed by atoms with van der Waals surface area (Å²) < 4.78 is 20.6. The molecule has 4 rings (SSSR count). The third-order valence-corrected chi connectivity index (χ3v) is 7.03. The highest BCUT2D eigenvalue weighted by atomic mass is 32.1. The predicted molar refractivity (Wildman–Crippen MR) is 133 cm³/mol. The van der Waals surface area contributed by atoms with E-state index in [0.29, 0.717) is 38.2 Å². The highest BCUT2D eigenvalue weighted by Gasteiger charge is 2.29. The van der Waals surface area contributed by atoms with E-state index in [1.165, 1.54) is 23.5 Å². The lowest BCUT2D eigenvalue weighted by Gasteiger charge is -2.30. The molecule has 0 spiro atoms. The number of benzene rings is 1. The van der Waals surface area contributed by atoms with Crippen molar-refractivity contribution < 1.29 is 18.7 Å². The van der Waals surface area contributed by atoms with Gasteiger partial charge in [0.25, 0.3) is 0 Å². The van der Waals surface area contributed by atoms with Gasteiger partial charge in [-0.3, -0.25) is 14.3 Å². The first kappa shape index (κ1) is 25.0. The summed E-state index contributed by atoms with van der Waals surface area (Å²) in [6, 6.07) is 6.37. The summed E-state index contributed by atoms with van der Waals surface area (Å²) in [6.07, 6.45) is 3.24. The number of carbonyl (C=O) groups excluding carboxylic acids is 2. The van der Waals surface area contributed by atoms with Gasteiger partial charge in [0.2, 0.25) is 5.91 Å². The molecule has 186 valence electrons. The van der Waals surface area contributed by atoms with Gasteiger partial charge in [0, 0.05) is 24.0 Å². The van der Waals surface area contributed by atoms with Crippen LogP contribution in [0.4, 0.5) is 4.39 Å². The molecule has 7 nitrogen and oxygen atoms in total. The molecule has 1 aliphatic heterocycles. The van der Waals surface area contributed by atoms with Crippen LogP contribution in [0, 0.1) is 11.7 Å². The number of ether oxygens (including phenoxy) is 1. The molecule has 2 aromatic heterocycles. The Hall–Kier alpha value is -3.07. The standard InChI is InChI=1S/C26H31FN4O3S/c1-5-34-25(33)18-10-12-30(13-11-18)22(32)14-20-16-35-24(29-20)21-15-28-31(26(2,3)4)23(21)17-6-8-19(27)9-7-17/h6-9,15-16,18H,5,10-14H2,1-4H3. The minimum Gasteiger partial charge on any atom is -0.466 e. The Kier molecular flexibility index (Phi) is 7.35. The quantitative estimate of drug-likeness (QED) is 0.451. The first-order chi connectivity index (χ1) is 16.7. The molecule has 3 aromatic rings. The monoisotopic (exact) mass is 498 g/mol. The maximum Gasteiger partial charge on any atom is 0.309 e. The van der Waals surface area contributed by atoms with Crippen LogP contribution < -0.4 is 0 Å². The third-order valence-electron chi connectivity index (χ3n) is 6.10. The van der Waals surface area contributed by atoms with E-state index in [-0.39, 0.29) is 35.6 Å². The Morgan fingerprint density at radius 3 is 2.49 bits per heavy atom. The second kappa shape index (κ2) is 10.3. The Balaban J connectivity index is 1.50. The number of nitrogens with zero attached hydrogens (tertiary/aromatic N) is 4. The van der Waals surface area contributed by atoms with Crippen molar-refractivity contribution in [2.24, 2.45) is 5.92 Å². The molecule has 0 aliphatic carbocycles. The Morgan fingerprint density at radius 2 is 1.86 bits per heavy atom. The Morgan fingerprint density at radius 1 is 1.17 bits per heavy atom. The van der Waals surface area contributed by atoms with Crippen LogP contribution in [0.25, 0.3) is 21.8 Å². The van der Waals surface area contributed by atoms with Crippen LogP contribution in [0.3, 0.4) is 0 Å². The maximum atomic E-state index is 13.6. The summed E-state index contributed by atoms with van der Waals surface area (Å²) in [5, 5.41) is 7.29. The summed E-state index contributed by atoms with van der Waals surface area (Å²) in [7, 11) is 0. The average Bonchev–Trinajstić information content (AvgIpc) is 3.47. The summed E-state index contributed by atoms with van der Waals surface area (Å²) in [5.74, 6) is -0.586. The highest BCUT2D eigenvalue weighted by molar-refractivity contribution is 7.13. The number of hydrogen-bond donors (Lipinski definition) is 0. The van der Waals surface area contributed by atoms with E-state index in [2.05, 4.69) is 25.9 Å². The van der Waals surface area contributed by atoms with Crippen LogP contribution in [-0.2, 0) is 26.3 Å². The SMILES string of the molecule is CCOC(=O)C1CCN(C(=O)Cc2csc(-c3cnn(C(C)(C)C)c3-c3ccc(F)cc3)n2)CC1. The van der Waals surface area contributed by atoms with Gasteiger partial charge in [-0.2, -0.15) is 5.10 Å². The van der Waals surface area contributed by atoms with Gasteiger partial charge in [0.05, 0.1) is 47.6 Å². The molecule has 1 fully saturated rings. The van der Waals surface area contributed by atoms with E-state index in [1.54, 1.807) is 30.2 Å². The molecule has 0 unspecified atom stereocenters. The van der Waals surface area contributed by atoms with Gasteiger partial charge < -0.3 is 9.64 Å². The topological polar surface area (TPSA) is 77.3 Å². The van der Waals surface area contributed by atoms with Crippen LogP contribution in [0.15, 0.2) is 35.8 Å². The van der Waals surface area contributed by atoms with E-state index in [9.17, 15) is 14.0 Å². The molecule has 1 amide bonds. The van der Waals surface area contributed by atoms with Crippen molar-refractivity contribution in [3.8, 4) is 21.8 Å². The number of piperidine rings is 1. The zero-order valence-corrected chi connectivity index (χ0v) is 21.4. The van der Waals surface area contributed by atoms with Crippen molar-refractivity contribution in [2.45, 2.75) is 52.5 Å². The van der Waals surface area contributed by atoms with Crippen LogP contribution in [0.2, 0.25) is 0 Å². The molecule has 1 aliphatic rings. The molecular formula is C26H31FN4O3S. The van der Waals surface area contributed by atoms with Crippen molar-refractivity contribution in [2.75, 3.05) is 19.7 Å². The highest BCUT2D eigenvalue weighted by Crippen LogP contribution is 2.37. The number of likely N-dealkylation sites (tertiary alicyclic amines) is 1. The summed E-state index contributed by atoms with van der Waals surface area (Å²) in [4.78, 5) is 31.4. The normalized spacial score (nSPS) is 14.8. The van der Waals surface area contributed by atoms with Crippen molar-refractivity contribution >= 4 is 23.2 Å². The van der Waals surface area contributed by atoms with Crippen LogP contribution in [-0.4, -0.2) is 51.2 Å². The maximum absolute atomic E-state index is 13.6. The number of rotatable bonds is 6. The fourth-order valence-corrected chi connectivity index (χ4v) is 5.13. The van der Waals surface area contributed by atoms with Crippen molar-refractivity contribution in [1.82, 2.24) is 19.7 Å². The molecule has 35 heavy (non-hydrogen) atoms. The number of esters is 1. The molecule has 0 saturated carbocycles. The van der Waals surface area contributed by atoms with Gasteiger partial charge in [-0.25, -0.2) is 9.37 Å². The van der Waals surface area contributed by atoms with E-state index in [0.717, 1.165) is 21.8 Å². The minimum absolute atomic E-state index is 0.00769. The van der Waals surface area contributed by atoms with Crippen molar-refractivity contribution in [3.63, 3.8) is 0 Å². The first-order valence-electron chi connectivity index (χ1n) is 11.9. The lowest BCUT2D eigenvalue weighted by Crippen LogP contribution is -2.41. The molecule has 0 N–H and O–H groups in total. The zero-order chi connectivity index (χ0) is 25.2. The fourth-order valence-electron chi connectivity index (χ4n) is 4.30. The third kappa shape index (κ3) is 5.61.